The van der Waals surface area contributed by atoms with Crippen molar-refractivity contribution in [3.8, 4) is 0 Å². The Bertz CT molecular complexity index is 13.6. The third-order valence-electron chi connectivity index (χ3n) is 0. The van der Waals surface area contributed by atoms with Gasteiger partial charge in [-0.05, 0) is 0 Å². The first-order valence-electron chi connectivity index (χ1n) is 0.517. The molecule has 0 saturated heterocycles. The van der Waals surface area contributed by atoms with E-state index in [1.807, 2.05) is 0 Å². The second kappa shape index (κ2) is 18.0. The van der Waals surface area contributed by atoms with Crippen LogP contribution in [-0.2, 0) is 16.9 Å². The van der Waals surface area contributed by atoms with E-state index in [2.05, 4.69) is 20.2 Å². The molecule has 0 aromatic rings. The fourth-order valence-electron chi connectivity index (χ4n) is 0. The monoisotopic (exact) mass is 177 g/mol. The molecule has 0 atom stereocenters. The molecule has 0 saturated carbocycles. The predicted molar refractivity (Wildman–Crippen MR) is 19.5 cm³/mol. The number of hydrogen-bond donors (Lipinski definition) is 0. The van der Waals surface area contributed by atoms with Crippen molar-refractivity contribution in [2.45, 2.75) is 0 Å². The van der Waals surface area contributed by atoms with Crippen molar-refractivity contribution in [1.82, 2.24) is 0 Å². The third kappa shape index (κ3) is 31.2. The normalized spacial score (nSPS) is 5.00. The van der Waals surface area contributed by atoms with Crippen LogP contribution in [0.3, 0.4) is 0 Å². The van der Waals surface area contributed by atoms with E-state index in [-0.39, 0.29) is 0 Å². The summed E-state index contributed by atoms with van der Waals surface area (Å²) in [7, 11) is 9.34. The van der Waals surface area contributed by atoms with Crippen LogP contribution in [-0.4, -0.2) is 16.2 Å². The molecule has 0 spiro atoms. The Morgan fingerprint density at radius 2 is 1.40 bits per heavy atom. The summed E-state index contributed by atoms with van der Waals surface area (Å²) in [5.41, 5.74) is 0. The van der Waals surface area contributed by atoms with Crippen LogP contribution in [0.25, 0.3) is 0 Å². The zero-order valence-corrected chi connectivity index (χ0v) is 6.04. The van der Waals surface area contributed by atoms with Crippen molar-refractivity contribution >= 4 is 36.4 Å². The van der Waals surface area contributed by atoms with Crippen LogP contribution in [0.15, 0.2) is 0 Å². The van der Waals surface area contributed by atoms with Crippen molar-refractivity contribution in [2.24, 2.45) is 0 Å². The van der Waals surface area contributed by atoms with Crippen molar-refractivity contribution in [2.75, 3.05) is 0 Å². The minimum absolute atomic E-state index is 0.611. The standard InChI is InChI=1S/Al.2ClH.Cu.O.H/h;2*1H;;;/q;;;+2;;/p-2. The van der Waals surface area contributed by atoms with E-state index in [0.717, 1.165) is 13.1 Å². The Morgan fingerprint density at radius 1 is 1.40 bits per heavy atom. The van der Waals surface area contributed by atoms with Gasteiger partial charge in [-0.2, -0.15) is 0 Å². The Hall–Kier alpha value is 1.43. The van der Waals surface area contributed by atoms with Crippen LogP contribution in [0, 0.1) is 0 Å². The average molecular weight is 178 g/mol. The predicted octanol–water partition coefficient (Wildman–Crippen LogP) is 0.609. The summed E-state index contributed by atoms with van der Waals surface area (Å²) in [4.78, 5) is 0. The molecule has 35 valence electrons. The van der Waals surface area contributed by atoms with E-state index in [9.17, 15) is 0 Å². The molecule has 0 aromatic heterocycles. The number of hydrogen-bond acceptors (Lipinski definition) is 1. The maximum absolute atomic E-state index is 8.28. The molecule has 0 radical (unpaired) electrons. The van der Waals surface area contributed by atoms with Gasteiger partial charge in [-0.3, -0.25) is 0 Å². The fourth-order valence-corrected chi connectivity index (χ4v) is 0. The molecule has 0 rings (SSSR count). The second-order valence-electron chi connectivity index (χ2n) is 0.0431. The van der Waals surface area contributed by atoms with Crippen molar-refractivity contribution < 1.29 is 16.9 Å². The molecule has 0 unspecified atom stereocenters. The average Bonchev–Trinajstić information content (AvgIpc) is 1.46. The zero-order valence-electron chi connectivity index (χ0n) is 2.17. The summed E-state index contributed by atoms with van der Waals surface area (Å²) >= 11 is 1.37. The van der Waals surface area contributed by atoms with Gasteiger partial charge < -0.3 is 0 Å². The molecular weight excluding hydrogens is 177 g/mol. The number of rotatable bonds is 0. The summed E-state index contributed by atoms with van der Waals surface area (Å²) in [6.07, 6.45) is 0. The van der Waals surface area contributed by atoms with Crippen LogP contribution in [0.4, 0.5) is 0 Å². The Morgan fingerprint density at radius 3 is 1.40 bits per heavy atom. The van der Waals surface area contributed by atoms with Gasteiger partial charge in [0.2, 0.25) is 0 Å². The molecule has 1 nitrogen and oxygen atoms in total. The fraction of sp³-hybridized carbons (Fsp3) is 0. The molecule has 5 heteroatoms. The van der Waals surface area contributed by atoms with Gasteiger partial charge in [0, 0.05) is 0 Å². The van der Waals surface area contributed by atoms with Crippen LogP contribution in [0.5, 0.6) is 0 Å². The minimum atomic E-state index is 0.611. The Kier molecular flexibility index (Phi) is 34.9. The molecule has 0 bridgehead atoms. The van der Waals surface area contributed by atoms with E-state index >= 15 is 0 Å². The molecule has 0 amide bonds. The maximum atomic E-state index is 8.28. The molecule has 0 aromatic carbocycles. The quantitative estimate of drug-likeness (QED) is 0.497. The van der Waals surface area contributed by atoms with E-state index in [1.165, 1.54) is 0 Å². The van der Waals surface area contributed by atoms with Gasteiger partial charge in [0.15, 0.2) is 0 Å². The second-order valence-corrected chi connectivity index (χ2v) is 1.60. The van der Waals surface area contributed by atoms with Gasteiger partial charge in [0.05, 0.1) is 0 Å². The first-order chi connectivity index (χ1) is 2.41. The van der Waals surface area contributed by atoms with Crippen molar-refractivity contribution in [3.63, 3.8) is 0 Å². The third-order valence-corrected chi connectivity index (χ3v) is 0. The summed E-state index contributed by atoms with van der Waals surface area (Å²) in [5.74, 6) is 0. The first kappa shape index (κ1) is 9.66. The topological polar surface area (TPSA) is 17.1 Å². The Balaban J connectivity index is 0. The van der Waals surface area contributed by atoms with Crippen molar-refractivity contribution in [3.05, 3.63) is 0 Å². The van der Waals surface area contributed by atoms with E-state index in [0.29, 0.717) is 16.2 Å². The van der Waals surface area contributed by atoms with Crippen LogP contribution < -0.4 is 0 Å². The molecule has 0 fully saturated rings. The molecule has 5 heavy (non-hydrogen) atoms. The van der Waals surface area contributed by atoms with E-state index in [4.69, 9.17) is 3.80 Å². The summed E-state index contributed by atoms with van der Waals surface area (Å²) in [5, 5.41) is 0. The Labute approximate surface area is 53.3 Å². The van der Waals surface area contributed by atoms with Gasteiger partial charge in [-0.15, -0.1) is 0 Å². The van der Waals surface area contributed by atoms with Crippen LogP contribution in [0.2, 0.25) is 0 Å². The van der Waals surface area contributed by atoms with Crippen molar-refractivity contribution in [1.29, 1.82) is 0 Å². The molecular formula is HAlCl2CuO. The summed E-state index contributed by atoms with van der Waals surface area (Å²) in [6.45, 7) is 0. The zero-order chi connectivity index (χ0) is 4.71. The van der Waals surface area contributed by atoms with Gasteiger partial charge in [0.1, 0.15) is 0 Å². The molecule has 0 aliphatic heterocycles. The van der Waals surface area contributed by atoms with E-state index in [1.54, 1.807) is 0 Å². The SMILES string of the molecule is [Cl][Cu][Cl].[O]=[AlH]. The molecule has 0 aliphatic rings. The summed E-state index contributed by atoms with van der Waals surface area (Å²) < 4.78 is 8.28. The first-order valence-corrected chi connectivity index (χ1v) is 3.69. The molecule has 0 aliphatic carbocycles. The number of halogens is 2. The molecule has 0 N–H and O–H groups in total. The van der Waals surface area contributed by atoms with E-state index < -0.39 is 0 Å². The molecule has 0 heterocycles. The summed E-state index contributed by atoms with van der Waals surface area (Å²) in [6, 6.07) is 0. The van der Waals surface area contributed by atoms with Gasteiger partial charge >= 0.3 is 53.4 Å². The van der Waals surface area contributed by atoms with Gasteiger partial charge in [0.25, 0.3) is 0 Å². The van der Waals surface area contributed by atoms with Gasteiger partial charge in [-0.25, -0.2) is 0 Å². The van der Waals surface area contributed by atoms with Gasteiger partial charge in [-0.1, -0.05) is 0 Å². The van der Waals surface area contributed by atoms with Crippen LogP contribution >= 0.6 is 20.2 Å². The van der Waals surface area contributed by atoms with Crippen LogP contribution in [0.1, 0.15) is 0 Å².